The SMILES string of the molecule is CC(=O)OC[C@H](C)NP(Oc1ccc([N+](=O)[O-])cc1)Oc1ccc([N+](=O)[O-])cc1. The average Bonchev–Trinajstić information content (AvgIpc) is 2.67. The van der Waals surface area contributed by atoms with Gasteiger partial charge in [-0.25, -0.2) is 5.09 Å². The number of esters is 1. The monoisotopic (exact) mass is 423 g/mol. The topological polar surface area (TPSA) is 143 Å². The van der Waals surface area contributed by atoms with E-state index in [9.17, 15) is 25.0 Å². The van der Waals surface area contributed by atoms with Crippen molar-refractivity contribution in [2.24, 2.45) is 0 Å². The molecule has 0 unspecified atom stereocenters. The zero-order valence-corrected chi connectivity index (χ0v) is 16.4. The van der Waals surface area contributed by atoms with Crippen LogP contribution in [0, 0.1) is 20.2 Å². The Morgan fingerprint density at radius 3 is 1.72 bits per heavy atom. The predicted molar refractivity (Wildman–Crippen MR) is 104 cm³/mol. The average molecular weight is 423 g/mol. The Hall–Kier alpha value is -3.30. The fourth-order valence-corrected chi connectivity index (χ4v) is 3.18. The molecule has 0 saturated heterocycles. The first-order valence-corrected chi connectivity index (χ1v) is 9.47. The molecule has 0 aromatic heterocycles. The molecule has 2 rings (SSSR count). The van der Waals surface area contributed by atoms with Gasteiger partial charge >= 0.3 is 14.5 Å². The highest BCUT2D eigenvalue weighted by atomic mass is 31.2. The third-order valence-electron chi connectivity index (χ3n) is 3.33. The van der Waals surface area contributed by atoms with Crippen LogP contribution in [0.3, 0.4) is 0 Å². The summed E-state index contributed by atoms with van der Waals surface area (Å²) >= 11 is 0. The van der Waals surface area contributed by atoms with Crippen LogP contribution in [-0.4, -0.2) is 28.5 Å². The number of nitro groups is 2. The van der Waals surface area contributed by atoms with Crippen LogP contribution >= 0.6 is 8.53 Å². The van der Waals surface area contributed by atoms with Crippen molar-refractivity contribution < 1.29 is 28.4 Å². The molecule has 1 N–H and O–H groups in total. The second kappa shape index (κ2) is 10.3. The smallest absolute Gasteiger partial charge is 0.382 e. The van der Waals surface area contributed by atoms with Crippen molar-refractivity contribution in [2.45, 2.75) is 19.9 Å². The maximum absolute atomic E-state index is 11.0. The van der Waals surface area contributed by atoms with Crippen LogP contribution < -0.4 is 14.1 Å². The number of carbonyl (C=O) groups is 1. The third kappa shape index (κ3) is 7.32. The van der Waals surface area contributed by atoms with Gasteiger partial charge in [-0.05, 0) is 31.2 Å². The maximum Gasteiger partial charge on any atom is 0.382 e. The first kappa shape index (κ1) is 22.0. The first-order valence-electron chi connectivity index (χ1n) is 8.29. The standard InChI is InChI=1S/C17H18N3O8P/c1-12(11-26-13(2)21)18-29(27-16-7-3-14(4-8-16)19(22)23)28-17-9-5-15(6-10-17)20(24)25/h3-10,12,18H,11H2,1-2H3/t12-/m0/s1. The van der Waals surface area contributed by atoms with Gasteiger partial charge in [0.15, 0.2) is 0 Å². The highest BCUT2D eigenvalue weighted by molar-refractivity contribution is 7.45. The zero-order chi connectivity index (χ0) is 21.4. The zero-order valence-electron chi connectivity index (χ0n) is 15.5. The van der Waals surface area contributed by atoms with Crippen LogP contribution in [0.5, 0.6) is 11.5 Å². The number of benzene rings is 2. The summed E-state index contributed by atoms with van der Waals surface area (Å²) in [6.45, 7) is 3.11. The quantitative estimate of drug-likeness (QED) is 0.262. The lowest BCUT2D eigenvalue weighted by molar-refractivity contribution is -0.385. The van der Waals surface area contributed by atoms with Crippen LogP contribution in [0.4, 0.5) is 11.4 Å². The van der Waals surface area contributed by atoms with E-state index in [0.29, 0.717) is 11.5 Å². The Labute approximate surface area is 166 Å². The normalized spacial score (nSPS) is 11.6. The van der Waals surface area contributed by atoms with E-state index in [4.69, 9.17) is 13.8 Å². The molecule has 0 radical (unpaired) electrons. The highest BCUT2D eigenvalue weighted by Gasteiger charge is 2.20. The number of hydrogen-bond donors (Lipinski definition) is 1. The highest BCUT2D eigenvalue weighted by Crippen LogP contribution is 2.38. The number of hydrogen-bond acceptors (Lipinski definition) is 9. The molecule has 0 saturated carbocycles. The van der Waals surface area contributed by atoms with Gasteiger partial charge in [0.25, 0.3) is 11.4 Å². The first-order chi connectivity index (χ1) is 13.7. The minimum Gasteiger partial charge on any atom is -0.464 e. The summed E-state index contributed by atoms with van der Waals surface area (Å²) in [6, 6.07) is 10.5. The lowest BCUT2D eigenvalue weighted by Gasteiger charge is -2.22. The molecule has 0 spiro atoms. The van der Waals surface area contributed by atoms with Crippen molar-refractivity contribution in [2.75, 3.05) is 6.61 Å². The van der Waals surface area contributed by atoms with Crippen LogP contribution in [0.1, 0.15) is 13.8 Å². The molecule has 29 heavy (non-hydrogen) atoms. The Morgan fingerprint density at radius 1 is 0.966 bits per heavy atom. The van der Waals surface area contributed by atoms with Crippen molar-refractivity contribution in [3.8, 4) is 11.5 Å². The molecule has 0 fully saturated rings. The Bertz CT molecular complexity index is 800. The van der Waals surface area contributed by atoms with E-state index < -0.39 is 24.3 Å². The summed E-state index contributed by atoms with van der Waals surface area (Å²) < 4.78 is 16.4. The lowest BCUT2D eigenvalue weighted by Crippen LogP contribution is -2.30. The van der Waals surface area contributed by atoms with Crippen LogP contribution in [0.25, 0.3) is 0 Å². The van der Waals surface area contributed by atoms with Crippen molar-refractivity contribution in [3.05, 3.63) is 68.8 Å². The van der Waals surface area contributed by atoms with Crippen molar-refractivity contribution in [1.82, 2.24) is 5.09 Å². The van der Waals surface area contributed by atoms with Crippen LogP contribution in [0.2, 0.25) is 0 Å². The van der Waals surface area contributed by atoms with Crippen LogP contribution in [-0.2, 0) is 9.53 Å². The van der Waals surface area contributed by atoms with E-state index >= 15 is 0 Å². The largest absolute Gasteiger partial charge is 0.464 e. The van der Waals surface area contributed by atoms with Gasteiger partial charge in [0.05, 0.1) is 9.85 Å². The third-order valence-corrected chi connectivity index (χ3v) is 4.74. The van der Waals surface area contributed by atoms with Gasteiger partial charge in [-0.1, -0.05) is 0 Å². The van der Waals surface area contributed by atoms with Gasteiger partial charge in [-0.3, -0.25) is 25.0 Å². The van der Waals surface area contributed by atoms with E-state index in [0.717, 1.165) is 0 Å². The molecule has 0 amide bonds. The maximum atomic E-state index is 11.0. The number of non-ortho nitro benzene ring substituents is 2. The second-order valence-electron chi connectivity index (χ2n) is 5.77. The minimum absolute atomic E-state index is 0.0708. The van der Waals surface area contributed by atoms with Crippen molar-refractivity contribution in [3.63, 3.8) is 0 Å². The lowest BCUT2D eigenvalue weighted by atomic mass is 10.3. The number of rotatable bonds is 10. The molecule has 11 nitrogen and oxygen atoms in total. The molecule has 2 aromatic rings. The predicted octanol–water partition coefficient (Wildman–Crippen LogP) is 3.73. The van der Waals surface area contributed by atoms with E-state index in [-0.39, 0.29) is 24.0 Å². The summed E-state index contributed by atoms with van der Waals surface area (Å²) in [6.07, 6.45) is 0. The fourth-order valence-electron chi connectivity index (χ4n) is 1.98. The molecule has 0 aliphatic rings. The summed E-state index contributed by atoms with van der Waals surface area (Å²) in [4.78, 5) is 31.4. The van der Waals surface area contributed by atoms with Gasteiger partial charge in [0, 0.05) is 37.2 Å². The number of nitro benzene ring substituents is 2. The van der Waals surface area contributed by atoms with E-state index in [2.05, 4.69) is 5.09 Å². The second-order valence-corrected chi connectivity index (χ2v) is 6.91. The molecule has 0 bridgehead atoms. The van der Waals surface area contributed by atoms with E-state index in [1.807, 2.05) is 0 Å². The van der Waals surface area contributed by atoms with Crippen LogP contribution in [0.15, 0.2) is 48.5 Å². The molecule has 12 heteroatoms. The molecule has 154 valence electrons. The van der Waals surface area contributed by atoms with E-state index in [1.54, 1.807) is 6.92 Å². The summed E-state index contributed by atoms with van der Waals surface area (Å²) in [5.74, 6) is 0.196. The number of nitrogens with one attached hydrogen (secondary N) is 1. The fraction of sp³-hybridized carbons (Fsp3) is 0.235. The van der Waals surface area contributed by atoms with Gasteiger partial charge in [0.1, 0.15) is 18.1 Å². The Morgan fingerprint density at radius 2 is 1.38 bits per heavy atom. The molecular formula is C17H18N3O8P. The number of carbonyl (C=O) groups excluding carboxylic acids is 1. The molecule has 1 atom stereocenters. The molecule has 0 heterocycles. The molecule has 2 aromatic carbocycles. The molecule has 0 aliphatic carbocycles. The number of nitrogens with zero attached hydrogens (tertiary/aromatic N) is 2. The minimum atomic E-state index is -1.81. The van der Waals surface area contributed by atoms with Gasteiger partial charge < -0.3 is 13.8 Å². The van der Waals surface area contributed by atoms with E-state index in [1.165, 1.54) is 55.5 Å². The number of ether oxygens (including phenoxy) is 1. The Kier molecular flexibility index (Phi) is 7.81. The van der Waals surface area contributed by atoms with Crippen molar-refractivity contribution in [1.29, 1.82) is 0 Å². The summed E-state index contributed by atoms with van der Waals surface area (Å²) in [5.41, 5.74) is -0.177. The Balaban J connectivity index is 2.11. The summed E-state index contributed by atoms with van der Waals surface area (Å²) in [7, 11) is -1.81. The molecular weight excluding hydrogens is 405 g/mol. The van der Waals surface area contributed by atoms with Gasteiger partial charge in [-0.15, -0.1) is 0 Å². The van der Waals surface area contributed by atoms with Crippen molar-refractivity contribution >= 4 is 25.9 Å². The van der Waals surface area contributed by atoms with Gasteiger partial charge in [0.2, 0.25) is 0 Å². The molecule has 0 aliphatic heterocycles. The summed E-state index contributed by atoms with van der Waals surface area (Å²) in [5, 5.41) is 24.6. The van der Waals surface area contributed by atoms with Gasteiger partial charge in [-0.2, -0.15) is 0 Å².